The molecule has 0 bridgehead atoms. The Labute approximate surface area is 46.2 Å². The van der Waals surface area contributed by atoms with Crippen LogP contribution >= 0.6 is 0 Å². The molecule has 44 valence electrons. The van der Waals surface area contributed by atoms with Gasteiger partial charge in [-0.05, 0) is 6.42 Å². The standard InChI is InChI=1S/C4H10O2S/c1-2-3-4-7(5)6/h2-4H2,1H3,(H,5,6)/p-1. The van der Waals surface area contributed by atoms with Gasteiger partial charge in [0.25, 0.3) is 0 Å². The Morgan fingerprint density at radius 1 is 1.71 bits per heavy atom. The lowest BCUT2D eigenvalue weighted by atomic mass is 10.4. The monoisotopic (exact) mass is 121 g/mol. The number of hydrogen-bond acceptors (Lipinski definition) is 2. The van der Waals surface area contributed by atoms with E-state index >= 15 is 0 Å². The summed E-state index contributed by atoms with van der Waals surface area (Å²) in [6.45, 7) is 1.97. The first kappa shape index (κ1) is 7.11. The first-order valence-corrected chi connectivity index (χ1v) is 3.57. The van der Waals surface area contributed by atoms with E-state index in [0.29, 0.717) is 5.75 Å². The molecule has 0 radical (unpaired) electrons. The van der Waals surface area contributed by atoms with Gasteiger partial charge in [-0.25, -0.2) is 0 Å². The third kappa shape index (κ3) is 6.11. The summed E-state index contributed by atoms with van der Waals surface area (Å²) in [4.78, 5) is 0. The third-order valence-corrected chi connectivity index (χ3v) is 1.29. The molecule has 0 saturated heterocycles. The fraction of sp³-hybridized carbons (Fsp3) is 1.00. The fourth-order valence-corrected chi connectivity index (χ4v) is 0.787. The number of unbranched alkanes of at least 4 members (excludes halogenated alkanes) is 1. The Kier molecular flexibility index (Phi) is 4.34. The van der Waals surface area contributed by atoms with Crippen LogP contribution in [0.5, 0.6) is 0 Å². The molecule has 0 aromatic rings. The van der Waals surface area contributed by atoms with E-state index in [9.17, 15) is 8.76 Å². The molecule has 0 aliphatic heterocycles. The van der Waals surface area contributed by atoms with Crippen molar-refractivity contribution in [3.05, 3.63) is 0 Å². The van der Waals surface area contributed by atoms with Crippen LogP contribution < -0.4 is 0 Å². The molecule has 0 spiro atoms. The second-order valence-electron chi connectivity index (χ2n) is 1.36. The Balaban J connectivity index is 2.82. The van der Waals surface area contributed by atoms with Crippen LogP contribution in [0, 0.1) is 0 Å². The Morgan fingerprint density at radius 3 is 2.43 bits per heavy atom. The predicted molar refractivity (Wildman–Crippen MR) is 28.7 cm³/mol. The zero-order chi connectivity index (χ0) is 5.70. The first-order valence-electron chi connectivity index (χ1n) is 2.33. The highest BCUT2D eigenvalue weighted by atomic mass is 32.2. The van der Waals surface area contributed by atoms with Crippen molar-refractivity contribution < 1.29 is 8.76 Å². The maximum Gasteiger partial charge on any atom is 0.0101 e. The van der Waals surface area contributed by atoms with Crippen molar-refractivity contribution in [2.75, 3.05) is 5.75 Å². The van der Waals surface area contributed by atoms with Gasteiger partial charge in [0, 0.05) is 5.75 Å². The van der Waals surface area contributed by atoms with E-state index in [1.807, 2.05) is 6.92 Å². The van der Waals surface area contributed by atoms with E-state index in [-0.39, 0.29) is 0 Å². The fourth-order valence-electron chi connectivity index (χ4n) is 0.262. The minimum Gasteiger partial charge on any atom is -0.772 e. The van der Waals surface area contributed by atoms with Crippen molar-refractivity contribution in [1.29, 1.82) is 0 Å². The van der Waals surface area contributed by atoms with E-state index < -0.39 is 11.1 Å². The van der Waals surface area contributed by atoms with E-state index in [1.165, 1.54) is 0 Å². The van der Waals surface area contributed by atoms with Gasteiger partial charge in [-0.1, -0.05) is 24.4 Å². The van der Waals surface area contributed by atoms with Gasteiger partial charge in [0.15, 0.2) is 0 Å². The van der Waals surface area contributed by atoms with Gasteiger partial charge in [0.2, 0.25) is 0 Å². The van der Waals surface area contributed by atoms with Gasteiger partial charge in [0.05, 0.1) is 0 Å². The maximum atomic E-state index is 9.76. The molecule has 0 aromatic carbocycles. The van der Waals surface area contributed by atoms with Gasteiger partial charge >= 0.3 is 0 Å². The molecular weight excluding hydrogens is 112 g/mol. The van der Waals surface area contributed by atoms with Gasteiger partial charge in [-0.3, -0.25) is 4.21 Å². The Bertz CT molecular complexity index is 62.7. The minimum atomic E-state index is -1.82. The quantitative estimate of drug-likeness (QED) is 0.515. The Morgan fingerprint density at radius 2 is 2.29 bits per heavy atom. The van der Waals surface area contributed by atoms with Crippen molar-refractivity contribution in [2.45, 2.75) is 19.8 Å². The summed E-state index contributed by atoms with van der Waals surface area (Å²) >= 11 is -1.82. The predicted octanol–water partition coefficient (Wildman–Crippen LogP) is 0.666. The number of rotatable bonds is 3. The highest BCUT2D eigenvalue weighted by Gasteiger charge is 1.79. The highest BCUT2D eigenvalue weighted by molar-refractivity contribution is 7.79. The summed E-state index contributed by atoms with van der Waals surface area (Å²) in [5.74, 6) is 0.316. The zero-order valence-electron chi connectivity index (χ0n) is 4.35. The average Bonchev–Trinajstić information content (AvgIpc) is 1.61. The van der Waals surface area contributed by atoms with Crippen LogP contribution in [-0.4, -0.2) is 14.5 Å². The van der Waals surface area contributed by atoms with Crippen LogP contribution in [0.4, 0.5) is 0 Å². The van der Waals surface area contributed by atoms with E-state index in [4.69, 9.17) is 0 Å². The van der Waals surface area contributed by atoms with E-state index in [0.717, 1.165) is 12.8 Å². The third-order valence-electron chi connectivity index (χ3n) is 0.665. The van der Waals surface area contributed by atoms with Crippen molar-refractivity contribution in [3.63, 3.8) is 0 Å². The molecule has 0 saturated carbocycles. The second kappa shape index (κ2) is 4.27. The van der Waals surface area contributed by atoms with Crippen molar-refractivity contribution in [2.24, 2.45) is 0 Å². The molecule has 0 amide bonds. The van der Waals surface area contributed by atoms with Crippen LogP contribution in [-0.2, 0) is 11.1 Å². The summed E-state index contributed by atoms with van der Waals surface area (Å²) in [6.07, 6.45) is 1.74. The van der Waals surface area contributed by atoms with Crippen molar-refractivity contribution >= 4 is 11.1 Å². The summed E-state index contributed by atoms with van der Waals surface area (Å²) in [5, 5.41) is 0. The lowest BCUT2D eigenvalue weighted by molar-refractivity contribution is 0.534. The van der Waals surface area contributed by atoms with Crippen molar-refractivity contribution in [1.82, 2.24) is 0 Å². The normalized spacial score (nSPS) is 14.0. The molecule has 1 atom stereocenters. The molecule has 3 heteroatoms. The van der Waals surface area contributed by atoms with Crippen LogP contribution in [0.1, 0.15) is 19.8 Å². The van der Waals surface area contributed by atoms with Crippen LogP contribution in [0.25, 0.3) is 0 Å². The zero-order valence-corrected chi connectivity index (χ0v) is 5.16. The van der Waals surface area contributed by atoms with Crippen LogP contribution in [0.2, 0.25) is 0 Å². The molecular formula is C4H9O2S-. The topological polar surface area (TPSA) is 40.1 Å². The summed E-state index contributed by atoms with van der Waals surface area (Å²) < 4.78 is 19.5. The van der Waals surface area contributed by atoms with E-state index in [2.05, 4.69) is 0 Å². The molecule has 0 aliphatic carbocycles. The second-order valence-corrected chi connectivity index (χ2v) is 2.38. The smallest absolute Gasteiger partial charge is 0.0101 e. The molecule has 0 rings (SSSR count). The van der Waals surface area contributed by atoms with Gasteiger partial charge in [0.1, 0.15) is 0 Å². The SMILES string of the molecule is CCCCS(=O)[O-]. The molecule has 0 heterocycles. The summed E-state index contributed by atoms with van der Waals surface area (Å²) in [5.41, 5.74) is 0. The largest absolute Gasteiger partial charge is 0.772 e. The maximum absolute atomic E-state index is 9.76. The molecule has 7 heavy (non-hydrogen) atoms. The molecule has 0 N–H and O–H groups in total. The first-order chi connectivity index (χ1) is 3.27. The summed E-state index contributed by atoms with van der Waals surface area (Å²) in [6, 6.07) is 0. The van der Waals surface area contributed by atoms with Crippen molar-refractivity contribution in [3.8, 4) is 0 Å². The lowest BCUT2D eigenvalue weighted by Crippen LogP contribution is -1.92. The molecule has 2 nitrogen and oxygen atoms in total. The van der Waals surface area contributed by atoms with Crippen LogP contribution in [0.3, 0.4) is 0 Å². The lowest BCUT2D eigenvalue weighted by Gasteiger charge is -1.99. The minimum absolute atomic E-state index is 0.316. The van der Waals surface area contributed by atoms with E-state index in [1.54, 1.807) is 0 Å². The molecule has 1 unspecified atom stereocenters. The van der Waals surface area contributed by atoms with Gasteiger partial charge < -0.3 is 4.55 Å². The molecule has 0 aromatic heterocycles. The molecule has 0 fully saturated rings. The molecule has 0 aliphatic rings. The average molecular weight is 121 g/mol. The van der Waals surface area contributed by atoms with Gasteiger partial charge in [-0.15, -0.1) is 0 Å². The Hall–Kier alpha value is 0.110. The highest BCUT2D eigenvalue weighted by Crippen LogP contribution is 1.86. The van der Waals surface area contributed by atoms with Gasteiger partial charge in [-0.2, -0.15) is 0 Å². The van der Waals surface area contributed by atoms with Crippen LogP contribution in [0.15, 0.2) is 0 Å². The number of hydrogen-bond donors (Lipinski definition) is 0. The summed E-state index contributed by atoms with van der Waals surface area (Å²) in [7, 11) is 0.